The summed E-state index contributed by atoms with van der Waals surface area (Å²) in [7, 11) is -2.46. The SMILES string of the molecule is C=C[C@@H]1C[C@]1(NC(=O)[C@@H]1C[C@@H](Oc2nc3cc(OC)ccc3nc2C(C)C)CN1C(=O)[C@@H](NC(=O)OC(C)(C)C)C(C)(C)C)C(=O)NS(=O)(=O)C1(C)CC1. The number of methoxy groups -OCH3 is 1. The summed E-state index contributed by atoms with van der Waals surface area (Å²) in [5.41, 5.74) is -1.52. The lowest BCUT2D eigenvalue weighted by Gasteiger charge is -2.36. The third kappa shape index (κ3) is 8.42. The summed E-state index contributed by atoms with van der Waals surface area (Å²) in [5, 5.41) is 5.51. The number of ether oxygens (including phenoxy) is 3. The van der Waals surface area contributed by atoms with Crippen LogP contribution in [0.2, 0.25) is 0 Å². The Morgan fingerprint density at radius 3 is 2.26 bits per heavy atom. The summed E-state index contributed by atoms with van der Waals surface area (Å²) in [6.07, 6.45) is 0.871. The number of nitrogens with one attached hydrogen (secondary N) is 3. The second-order valence-corrected chi connectivity index (χ2v) is 19.4. The number of fused-ring (bicyclic) bond motifs is 1. The van der Waals surface area contributed by atoms with Crippen molar-refractivity contribution in [2.24, 2.45) is 11.3 Å². The topological polar surface area (TPSA) is 195 Å². The number of hydrogen-bond donors (Lipinski definition) is 3. The first-order valence-corrected chi connectivity index (χ1v) is 19.8. The molecule has 0 bridgehead atoms. The highest BCUT2D eigenvalue weighted by Gasteiger charge is 2.63. The minimum absolute atomic E-state index is 0.0109. The fourth-order valence-corrected chi connectivity index (χ4v) is 7.82. The molecular formula is C38H54N6O9S. The Morgan fingerprint density at radius 1 is 1.06 bits per heavy atom. The average Bonchev–Trinajstić information content (AvgIpc) is 3.95. The molecule has 1 aromatic heterocycles. The van der Waals surface area contributed by atoms with Gasteiger partial charge in [-0.2, -0.15) is 0 Å². The molecule has 1 aliphatic heterocycles. The minimum Gasteiger partial charge on any atom is -0.497 e. The lowest BCUT2D eigenvalue weighted by molar-refractivity contribution is -0.143. The Labute approximate surface area is 317 Å². The van der Waals surface area contributed by atoms with Gasteiger partial charge < -0.3 is 29.7 Å². The predicted octanol–water partition coefficient (Wildman–Crippen LogP) is 4.11. The van der Waals surface area contributed by atoms with Gasteiger partial charge in [-0.3, -0.25) is 19.1 Å². The third-order valence-electron chi connectivity index (χ3n) is 10.2. The van der Waals surface area contributed by atoms with Crippen LogP contribution in [0.15, 0.2) is 30.9 Å². The van der Waals surface area contributed by atoms with Gasteiger partial charge in [0.15, 0.2) is 0 Å². The molecule has 2 aromatic rings. The third-order valence-corrected chi connectivity index (χ3v) is 12.4. The van der Waals surface area contributed by atoms with Gasteiger partial charge in [-0.25, -0.2) is 23.2 Å². The van der Waals surface area contributed by atoms with E-state index < -0.39 is 79.2 Å². The summed E-state index contributed by atoms with van der Waals surface area (Å²) in [4.78, 5) is 66.5. The fourth-order valence-electron chi connectivity index (χ4n) is 6.51. The maximum atomic E-state index is 14.6. The number of carbonyl (C=O) groups is 4. The molecule has 296 valence electrons. The molecule has 0 radical (unpaired) electrons. The van der Waals surface area contributed by atoms with Crippen LogP contribution in [0.3, 0.4) is 0 Å². The molecule has 1 aromatic carbocycles. The first kappa shape index (κ1) is 40.7. The van der Waals surface area contributed by atoms with E-state index in [1.165, 1.54) is 11.0 Å². The second kappa shape index (κ2) is 14.3. The van der Waals surface area contributed by atoms with Crippen LogP contribution in [0.1, 0.15) is 99.6 Å². The van der Waals surface area contributed by atoms with E-state index in [9.17, 15) is 27.6 Å². The molecule has 0 spiro atoms. The van der Waals surface area contributed by atoms with Crippen LogP contribution in [-0.4, -0.2) is 94.8 Å². The highest BCUT2D eigenvalue weighted by Crippen LogP contribution is 2.47. The summed E-state index contributed by atoms with van der Waals surface area (Å²) >= 11 is 0. The van der Waals surface area contributed by atoms with Gasteiger partial charge in [0.1, 0.15) is 40.8 Å². The van der Waals surface area contributed by atoms with Gasteiger partial charge in [0.25, 0.3) is 5.91 Å². The van der Waals surface area contributed by atoms with Gasteiger partial charge in [0.2, 0.25) is 27.7 Å². The van der Waals surface area contributed by atoms with Crippen molar-refractivity contribution in [3.05, 3.63) is 36.5 Å². The zero-order valence-electron chi connectivity index (χ0n) is 32.9. The number of rotatable bonds is 12. The Hall–Kier alpha value is -4.47. The summed E-state index contributed by atoms with van der Waals surface area (Å²) in [6, 6.07) is 3.00. The van der Waals surface area contributed by atoms with Crippen LogP contribution in [0, 0.1) is 11.3 Å². The van der Waals surface area contributed by atoms with E-state index in [-0.39, 0.29) is 31.2 Å². The van der Waals surface area contributed by atoms with E-state index >= 15 is 0 Å². The number of carbonyl (C=O) groups excluding carboxylic acids is 4. The number of alkyl carbamates (subject to hydrolysis) is 1. The number of likely N-dealkylation sites (tertiary alicyclic amines) is 1. The quantitative estimate of drug-likeness (QED) is 0.263. The van der Waals surface area contributed by atoms with Crippen molar-refractivity contribution in [2.75, 3.05) is 13.7 Å². The largest absolute Gasteiger partial charge is 0.497 e. The van der Waals surface area contributed by atoms with Crippen LogP contribution >= 0.6 is 0 Å². The van der Waals surface area contributed by atoms with E-state index in [1.807, 2.05) is 13.8 Å². The molecule has 5 atom stereocenters. The highest BCUT2D eigenvalue weighted by molar-refractivity contribution is 7.91. The molecule has 1 saturated heterocycles. The number of aromatic nitrogens is 2. The standard InChI is InChI=1S/C38H54N6O9S/c1-12-22-19-38(22,33(47)43-54(49,50)37(10)15-16-37)42-30(45)27-18-24(20-44(27)32(46)29(35(4,5)6)41-34(48)53-36(7,8)9)52-31-28(21(2)3)39-25-14-13-23(51-11)17-26(25)40-31/h12-14,17,21-22,24,27,29H,1,15-16,18-20H2,2-11H3,(H,41,48)(H,42,45)(H,43,47)/t22-,24-,27+,29-,38-/m1/s1. The molecule has 15 nitrogen and oxygen atoms in total. The molecule has 2 aliphatic carbocycles. The zero-order valence-corrected chi connectivity index (χ0v) is 33.7. The molecule has 2 heterocycles. The molecule has 54 heavy (non-hydrogen) atoms. The van der Waals surface area contributed by atoms with E-state index in [2.05, 4.69) is 21.9 Å². The normalized spacial score (nSPS) is 24.0. The van der Waals surface area contributed by atoms with Gasteiger partial charge in [-0.15, -0.1) is 6.58 Å². The van der Waals surface area contributed by atoms with Crippen LogP contribution in [0.25, 0.3) is 11.0 Å². The number of sulfonamides is 1. The van der Waals surface area contributed by atoms with E-state index in [4.69, 9.17) is 24.2 Å². The Morgan fingerprint density at radius 2 is 1.72 bits per heavy atom. The van der Waals surface area contributed by atoms with E-state index in [0.29, 0.717) is 35.3 Å². The number of amides is 4. The van der Waals surface area contributed by atoms with Crippen molar-refractivity contribution < 1.29 is 41.8 Å². The van der Waals surface area contributed by atoms with Crippen LogP contribution < -0.4 is 24.8 Å². The van der Waals surface area contributed by atoms with Crippen molar-refractivity contribution in [3.8, 4) is 11.6 Å². The highest BCUT2D eigenvalue weighted by atomic mass is 32.2. The Balaban J connectivity index is 1.48. The Kier molecular flexibility index (Phi) is 10.8. The molecule has 5 rings (SSSR count). The molecule has 4 amide bonds. The second-order valence-electron chi connectivity index (χ2n) is 17.2. The van der Waals surface area contributed by atoms with Gasteiger partial charge in [-0.1, -0.05) is 40.7 Å². The van der Waals surface area contributed by atoms with Gasteiger partial charge in [-0.05, 0) is 64.5 Å². The van der Waals surface area contributed by atoms with Crippen LogP contribution in [0.5, 0.6) is 11.6 Å². The smallest absolute Gasteiger partial charge is 0.408 e. The van der Waals surface area contributed by atoms with Crippen molar-refractivity contribution in [3.63, 3.8) is 0 Å². The molecule has 3 N–H and O–H groups in total. The maximum absolute atomic E-state index is 14.6. The number of hydrogen-bond acceptors (Lipinski definition) is 11. The van der Waals surface area contributed by atoms with E-state index in [0.717, 1.165) is 0 Å². The average molecular weight is 771 g/mol. The van der Waals surface area contributed by atoms with Crippen LogP contribution in [-0.2, 0) is 29.1 Å². The fraction of sp³-hybridized carbons (Fsp3) is 0.632. The molecule has 16 heteroatoms. The molecule has 3 aliphatic rings. The lowest BCUT2D eigenvalue weighted by Crippen LogP contribution is -2.60. The van der Waals surface area contributed by atoms with Gasteiger partial charge in [0, 0.05) is 24.3 Å². The first-order valence-electron chi connectivity index (χ1n) is 18.3. The van der Waals surface area contributed by atoms with Gasteiger partial charge in [0.05, 0.1) is 29.4 Å². The van der Waals surface area contributed by atoms with E-state index in [1.54, 1.807) is 73.8 Å². The van der Waals surface area contributed by atoms with Crippen molar-refractivity contribution >= 4 is 44.9 Å². The summed E-state index contributed by atoms with van der Waals surface area (Å²) < 4.78 is 44.5. The van der Waals surface area contributed by atoms with Crippen LogP contribution in [0.4, 0.5) is 4.79 Å². The van der Waals surface area contributed by atoms with Crippen molar-refractivity contribution in [2.45, 2.75) is 128 Å². The molecule has 3 fully saturated rings. The maximum Gasteiger partial charge on any atom is 0.408 e. The number of nitrogens with zero attached hydrogens (tertiary/aromatic N) is 3. The zero-order chi connectivity index (χ0) is 40.2. The summed E-state index contributed by atoms with van der Waals surface area (Å²) in [5.74, 6) is -1.96. The number of benzene rings is 1. The summed E-state index contributed by atoms with van der Waals surface area (Å²) in [6.45, 7) is 19.6. The van der Waals surface area contributed by atoms with Gasteiger partial charge >= 0.3 is 6.09 Å². The van der Waals surface area contributed by atoms with Crippen molar-refractivity contribution in [1.29, 1.82) is 0 Å². The lowest BCUT2D eigenvalue weighted by atomic mass is 9.85. The monoisotopic (exact) mass is 770 g/mol. The molecule has 2 saturated carbocycles. The molecular weight excluding hydrogens is 717 g/mol. The molecule has 0 unspecified atom stereocenters. The minimum atomic E-state index is -4.01. The Bertz CT molecular complexity index is 1950. The first-order chi connectivity index (χ1) is 24.9. The van der Waals surface area contributed by atoms with Crippen molar-refractivity contribution in [1.82, 2.24) is 30.2 Å². The predicted molar refractivity (Wildman–Crippen MR) is 201 cm³/mol.